The van der Waals surface area contributed by atoms with E-state index in [4.69, 9.17) is 63.2 Å². The molecule has 0 aromatic heterocycles. The van der Waals surface area contributed by atoms with Crippen molar-refractivity contribution in [2.24, 2.45) is 16.2 Å². The van der Waals surface area contributed by atoms with Gasteiger partial charge in [-0.1, -0.05) is 101 Å². The van der Waals surface area contributed by atoms with Crippen LogP contribution in [-0.2, 0) is 29.2 Å². The van der Waals surface area contributed by atoms with Crippen LogP contribution in [-0.4, -0.2) is 102 Å². The van der Waals surface area contributed by atoms with Crippen LogP contribution in [0.1, 0.15) is 87.9 Å². The van der Waals surface area contributed by atoms with Gasteiger partial charge in [-0.05, 0) is 72.0 Å². The zero-order valence-corrected chi connectivity index (χ0v) is 44.5. The summed E-state index contributed by atoms with van der Waals surface area (Å²) in [4.78, 5) is 27.3. The van der Waals surface area contributed by atoms with Gasteiger partial charge in [0.15, 0.2) is 0 Å². The summed E-state index contributed by atoms with van der Waals surface area (Å²) >= 11 is 18.6. The number of hydrogen-bond donors (Lipinski definition) is 3. The molecule has 2 fully saturated rings. The minimum Gasteiger partial charge on any atom is -0.491 e. The van der Waals surface area contributed by atoms with Crippen LogP contribution in [0.4, 0.5) is 8.78 Å². The normalized spacial score (nSPS) is 21.9. The molecule has 4 aromatic carbocycles. The minimum atomic E-state index is -1.72. The lowest BCUT2D eigenvalue weighted by atomic mass is 9.49. The van der Waals surface area contributed by atoms with Gasteiger partial charge in [-0.25, -0.2) is 8.78 Å². The van der Waals surface area contributed by atoms with Crippen LogP contribution in [0.15, 0.2) is 78.9 Å². The lowest BCUT2D eigenvalue weighted by Crippen LogP contribution is -2.74. The van der Waals surface area contributed by atoms with Gasteiger partial charge < -0.3 is 44.4 Å². The van der Waals surface area contributed by atoms with E-state index in [1.165, 1.54) is 24.3 Å². The predicted octanol–water partition coefficient (Wildman–Crippen LogP) is 9.99. The molecule has 0 radical (unpaired) electrons. The fourth-order valence-electron chi connectivity index (χ4n) is 10.4. The Hall–Kier alpha value is -5.07. The molecule has 1 aliphatic carbocycles. The monoisotopic (exact) mass is 1070 g/mol. The molecule has 3 N–H and O–H groups in total. The Morgan fingerprint density at radius 1 is 0.753 bits per heavy atom. The van der Waals surface area contributed by atoms with Gasteiger partial charge in [0, 0.05) is 57.6 Å². The van der Waals surface area contributed by atoms with Gasteiger partial charge in [0.05, 0.1) is 80.6 Å². The molecule has 4 aromatic rings. The maximum atomic E-state index is 15.9. The average Bonchev–Trinajstić information content (AvgIpc) is 3.65. The molecule has 0 unspecified atom stereocenters. The molecule has 1 aliphatic heterocycles. The van der Waals surface area contributed by atoms with Crippen LogP contribution in [0, 0.1) is 50.5 Å². The second-order valence-electron chi connectivity index (χ2n) is 20.6. The van der Waals surface area contributed by atoms with Gasteiger partial charge in [-0.3, -0.25) is 9.59 Å². The van der Waals surface area contributed by atoms with Crippen molar-refractivity contribution in [3.05, 3.63) is 128 Å². The van der Waals surface area contributed by atoms with Gasteiger partial charge >= 0.3 is 0 Å². The van der Waals surface area contributed by atoms with Gasteiger partial charge in [0.2, 0.25) is 5.91 Å². The highest BCUT2D eigenvalue weighted by atomic mass is 35.5. The van der Waals surface area contributed by atoms with E-state index in [-0.39, 0.29) is 71.0 Å². The number of nitriles is 2. The third-order valence-corrected chi connectivity index (χ3v) is 14.3. The number of carbonyl (C=O) groups is 2. The highest BCUT2D eigenvalue weighted by Crippen LogP contribution is 2.56. The average molecular weight is 1070 g/mol. The Labute approximate surface area is 442 Å². The Balaban J connectivity index is 0.840. The summed E-state index contributed by atoms with van der Waals surface area (Å²) in [6, 6.07) is 22.7. The van der Waals surface area contributed by atoms with Gasteiger partial charge in [-0.2, -0.15) is 10.5 Å². The molecule has 18 heteroatoms. The van der Waals surface area contributed by atoms with Crippen LogP contribution in [0.5, 0.6) is 11.5 Å². The van der Waals surface area contributed by atoms with Crippen molar-refractivity contribution in [1.82, 2.24) is 16.0 Å². The van der Waals surface area contributed by atoms with Crippen molar-refractivity contribution in [3.8, 4) is 23.6 Å². The largest absolute Gasteiger partial charge is 0.491 e. The standard InChI is InChI=1S/C55H64Cl3F2N5O8/c1-52(2,3)31-44-55(33-62,40-18-14-36(56)29-43(40)59)45(39-9-8-10-41(57)46(39)60)47(64-44)49(67)63-19-20-68-21-22-69-23-24-70-25-26-71-27-28-72-37-15-11-34(12-16-37)48(66)65-50-53(4,5)51(54(50,6)7)73-38-17-13-35(32-61)42(58)30-38/h8-18,29-30,44-45,47,50-51,64H,19-28,31H2,1-7H3,(H,63,67)(H,65,66)/t44-,45-,47+,50-,51-,55-/m1/s1. The Morgan fingerprint density at radius 2 is 1.36 bits per heavy atom. The molecule has 1 heterocycles. The molecule has 73 heavy (non-hydrogen) atoms. The van der Waals surface area contributed by atoms with Crippen molar-refractivity contribution < 1.29 is 46.8 Å². The van der Waals surface area contributed by atoms with Crippen LogP contribution in [0.2, 0.25) is 15.1 Å². The number of benzene rings is 4. The highest BCUT2D eigenvalue weighted by Gasteiger charge is 2.64. The Morgan fingerprint density at radius 3 is 1.93 bits per heavy atom. The second kappa shape index (κ2) is 25.0. The SMILES string of the molecule is CC(C)(C)C[C@H]1N[C@H](C(=O)NCCOCCOCCOCCOCCOc2ccc(C(=O)N[C@H]3C(C)(C)[C@H](Oc4ccc(C#N)c(Cl)c4)C3(C)C)cc2)[C@@H](c2cccc(Cl)c2F)[C@]1(C#N)c1ccc(Cl)cc1F. The molecule has 13 nitrogen and oxygen atoms in total. The Kier molecular flexibility index (Phi) is 19.6. The van der Waals surface area contributed by atoms with Crippen molar-refractivity contribution in [2.75, 3.05) is 66.0 Å². The minimum absolute atomic E-state index is 0.00462. The first-order valence-corrected chi connectivity index (χ1v) is 25.3. The molecule has 0 spiro atoms. The summed E-state index contributed by atoms with van der Waals surface area (Å²) in [5.41, 5.74) is -1.98. The maximum Gasteiger partial charge on any atom is 0.251 e. The van der Waals surface area contributed by atoms with Gasteiger partial charge in [0.25, 0.3) is 5.91 Å². The van der Waals surface area contributed by atoms with E-state index in [1.807, 2.05) is 20.8 Å². The fourth-order valence-corrected chi connectivity index (χ4v) is 11.0. The van der Waals surface area contributed by atoms with E-state index in [0.717, 1.165) is 6.07 Å². The molecule has 4 atom stereocenters. The molecule has 0 bridgehead atoms. The quantitative estimate of drug-likeness (QED) is 0.0570. The smallest absolute Gasteiger partial charge is 0.251 e. The van der Waals surface area contributed by atoms with Crippen LogP contribution in [0.3, 0.4) is 0 Å². The lowest BCUT2D eigenvalue weighted by Gasteiger charge is -2.63. The summed E-state index contributed by atoms with van der Waals surface area (Å²) in [6.07, 6.45) is 0.137. The number of hydrogen-bond acceptors (Lipinski definition) is 11. The number of halogens is 5. The van der Waals surface area contributed by atoms with Gasteiger partial charge in [0.1, 0.15) is 47.3 Å². The summed E-state index contributed by atoms with van der Waals surface area (Å²) < 4.78 is 66.4. The molecular weight excluding hydrogens is 1000 g/mol. The number of amides is 2. The van der Waals surface area contributed by atoms with Crippen LogP contribution in [0.25, 0.3) is 0 Å². The summed E-state index contributed by atoms with van der Waals surface area (Å²) in [5.74, 6) is -2.23. The first-order chi connectivity index (χ1) is 34.6. The summed E-state index contributed by atoms with van der Waals surface area (Å²) in [7, 11) is 0. The summed E-state index contributed by atoms with van der Waals surface area (Å²) in [6.45, 7) is 16.9. The van der Waals surface area contributed by atoms with Crippen molar-refractivity contribution >= 4 is 46.6 Å². The Bertz CT molecular complexity index is 2620. The third-order valence-electron chi connectivity index (χ3n) is 13.4. The molecule has 2 amide bonds. The molecule has 1 saturated heterocycles. The van der Waals surface area contributed by atoms with Crippen molar-refractivity contribution in [3.63, 3.8) is 0 Å². The number of nitrogens with one attached hydrogen (secondary N) is 3. The van der Waals surface area contributed by atoms with Crippen LogP contribution >= 0.6 is 34.8 Å². The van der Waals surface area contributed by atoms with Gasteiger partial charge in [-0.15, -0.1) is 0 Å². The highest BCUT2D eigenvalue weighted by molar-refractivity contribution is 6.32. The zero-order valence-electron chi connectivity index (χ0n) is 42.2. The molecule has 2 aliphatic rings. The summed E-state index contributed by atoms with van der Waals surface area (Å²) in [5, 5.41) is 29.8. The van der Waals surface area contributed by atoms with E-state index in [2.05, 4.69) is 55.8 Å². The van der Waals surface area contributed by atoms with Crippen molar-refractivity contribution in [1.29, 1.82) is 10.5 Å². The van der Waals surface area contributed by atoms with E-state index in [9.17, 15) is 20.1 Å². The number of nitrogens with zero attached hydrogens (tertiary/aromatic N) is 2. The van der Waals surface area contributed by atoms with Crippen LogP contribution < -0.4 is 25.4 Å². The third kappa shape index (κ3) is 13.6. The van der Waals surface area contributed by atoms with E-state index < -0.39 is 51.8 Å². The first kappa shape index (κ1) is 57.2. The molecular formula is C55H64Cl3F2N5O8. The maximum absolute atomic E-state index is 15.9. The number of ether oxygens (including phenoxy) is 6. The fraction of sp³-hybridized carbons (Fsp3) is 0.491. The predicted molar refractivity (Wildman–Crippen MR) is 275 cm³/mol. The van der Waals surface area contributed by atoms with E-state index in [0.29, 0.717) is 73.7 Å². The molecule has 392 valence electrons. The lowest BCUT2D eigenvalue weighted by molar-refractivity contribution is -0.164. The first-order valence-electron chi connectivity index (χ1n) is 24.2. The molecule has 6 rings (SSSR count). The zero-order chi connectivity index (χ0) is 53.1. The van der Waals surface area contributed by atoms with E-state index in [1.54, 1.807) is 48.5 Å². The van der Waals surface area contributed by atoms with E-state index >= 15 is 8.78 Å². The van der Waals surface area contributed by atoms with Crippen molar-refractivity contribution in [2.45, 2.75) is 90.4 Å². The molecule has 1 saturated carbocycles. The number of carbonyl (C=O) groups excluding carboxylic acids is 2. The topological polar surface area (TPSA) is 173 Å². The number of rotatable bonds is 24. The second-order valence-corrected chi connectivity index (χ2v) is 21.9.